The molecular weight excluding hydrogens is 227 g/mol. The van der Waals surface area contributed by atoms with E-state index in [2.05, 4.69) is 13.9 Å². The van der Waals surface area contributed by atoms with Gasteiger partial charge in [0.1, 0.15) is 0 Å². The fourth-order valence-electron chi connectivity index (χ4n) is 0.587. The monoisotopic (exact) mass is 231 g/mol. The maximum atomic E-state index is 11.9. The number of aromatic nitrogens is 1. The van der Waals surface area contributed by atoms with Crippen molar-refractivity contribution < 1.29 is 30.3 Å². The molecule has 0 radical (unpaired) electrons. The van der Waals surface area contributed by atoms with Gasteiger partial charge in [-0.25, -0.2) is 0 Å². The molecule has 9 heteroatoms. The van der Waals surface area contributed by atoms with Gasteiger partial charge in [0.05, 0.1) is 12.3 Å². The van der Waals surface area contributed by atoms with Crippen LogP contribution in [0.3, 0.4) is 0 Å². The molecule has 0 N–H and O–H groups in total. The van der Waals surface area contributed by atoms with E-state index >= 15 is 0 Å². The van der Waals surface area contributed by atoms with E-state index in [0.29, 0.717) is 12.3 Å². The van der Waals surface area contributed by atoms with Gasteiger partial charge in [0.2, 0.25) is 5.76 Å². The van der Waals surface area contributed by atoms with Gasteiger partial charge in [-0.2, -0.15) is 21.6 Å². The van der Waals surface area contributed by atoms with Crippen LogP contribution in [0.15, 0.2) is 10.6 Å². The topological polar surface area (TPSA) is 69.4 Å². The van der Waals surface area contributed by atoms with Gasteiger partial charge in [-0.1, -0.05) is 0 Å². The molecule has 14 heavy (non-hydrogen) atoms. The molecule has 0 spiro atoms. The van der Waals surface area contributed by atoms with E-state index in [-0.39, 0.29) is 0 Å². The first kappa shape index (κ1) is 10.8. The molecule has 0 saturated carbocycles. The van der Waals surface area contributed by atoms with Crippen LogP contribution in [0, 0.1) is 0 Å². The molecule has 1 aromatic rings. The number of alkyl halides is 3. The molecule has 0 aliphatic rings. The molecule has 0 saturated heterocycles. The predicted molar refractivity (Wildman–Crippen MR) is 37.0 cm³/mol. The molecule has 0 bridgehead atoms. The number of rotatable bonds is 2. The highest BCUT2D eigenvalue weighted by Gasteiger charge is 2.36. The molecule has 5 nitrogen and oxygen atoms in total. The lowest BCUT2D eigenvalue weighted by molar-refractivity contribution is -0.155. The van der Waals surface area contributed by atoms with E-state index in [1.54, 1.807) is 0 Å². The van der Waals surface area contributed by atoms with Gasteiger partial charge in [0.15, 0.2) is 0 Å². The van der Waals surface area contributed by atoms with Gasteiger partial charge in [-0.05, 0) is 5.16 Å². The normalized spacial score (nSPS) is 12.9. The molecule has 0 aromatic carbocycles. The Morgan fingerprint density at radius 3 is 2.43 bits per heavy atom. The van der Waals surface area contributed by atoms with Crippen LogP contribution in [-0.2, 0) is 16.3 Å². The molecule has 0 amide bonds. The summed E-state index contributed by atoms with van der Waals surface area (Å²) < 4.78 is 64.5. The first-order valence-corrected chi connectivity index (χ1v) is 4.93. The molecule has 0 fully saturated rings. The van der Waals surface area contributed by atoms with E-state index in [4.69, 9.17) is 0 Å². The average molecular weight is 231 g/mol. The molecule has 1 rings (SSSR count). The van der Waals surface area contributed by atoms with Crippen molar-refractivity contribution in [2.75, 3.05) is 6.26 Å². The van der Waals surface area contributed by atoms with Gasteiger partial charge in [-0.3, -0.25) is 0 Å². The summed E-state index contributed by atoms with van der Waals surface area (Å²) in [5.41, 5.74) is 0. The van der Waals surface area contributed by atoms with Crippen molar-refractivity contribution in [2.24, 2.45) is 0 Å². The predicted octanol–water partition coefficient (Wildman–Crippen LogP) is 1.03. The minimum absolute atomic E-state index is 0.348. The highest BCUT2D eigenvalue weighted by atomic mass is 32.2. The van der Waals surface area contributed by atoms with Gasteiger partial charge < -0.3 is 8.71 Å². The lowest BCUT2D eigenvalue weighted by Gasteiger charge is -1.97. The Labute approximate surface area is 76.6 Å². The summed E-state index contributed by atoms with van der Waals surface area (Å²) in [5, 5.41) is 2.77. The second kappa shape index (κ2) is 3.15. The summed E-state index contributed by atoms with van der Waals surface area (Å²) in [5.74, 6) is -2.17. The summed E-state index contributed by atoms with van der Waals surface area (Å²) in [6.07, 6.45) is -4.04. The summed E-state index contributed by atoms with van der Waals surface area (Å²) in [6.45, 7) is 0. The Kier molecular flexibility index (Phi) is 2.44. The Morgan fingerprint density at radius 1 is 1.50 bits per heavy atom. The molecule has 0 atom stereocenters. The van der Waals surface area contributed by atoms with Gasteiger partial charge in [0.25, 0.3) is 5.88 Å². The smallest absolute Gasteiger partial charge is 0.358 e. The van der Waals surface area contributed by atoms with Crippen molar-refractivity contribution in [3.8, 4) is 5.88 Å². The molecule has 80 valence electrons. The third kappa shape index (κ3) is 2.91. The van der Waals surface area contributed by atoms with E-state index in [0.717, 1.165) is 0 Å². The van der Waals surface area contributed by atoms with Crippen LogP contribution >= 0.6 is 0 Å². The Hall–Kier alpha value is -1.25. The summed E-state index contributed by atoms with van der Waals surface area (Å²) in [7, 11) is -3.90. The van der Waals surface area contributed by atoms with Crippen LogP contribution in [0.4, 0.5) is 13.2 Å². The number of hydrogen-bond donors (Lipinski definition) is 0. The summed E-state index contributed by atoms with van der Waals surface area (Å²) >= 11 is 0. The van der Waals surface area contributed by atoms with Crippen LogP contribution < -0.4 is 4.18 Å². The van der Waals surface area contributed by atoms with Gasteiger partial charge >= 0.3 is 16.3 Å². The molecule has 0 aliphatic heterocycles. The summed E-state index contributed by atoms with van der Waals surface area (Å²) in [4.78, 5) is 0. The van der Waals surface area contributed by atoms with E-state index < -0.39 is 27.9 Å². The number of halogens is 3. The fourth-order valence-corrected chi connectivity index (χ4v) is 0.976. The third-order valence-corrected chi connectivity index (χ3v) is 1.48. The second-order valence-corrected chi connectivity index (χ2v) is 3.89. The average Bonchev–Trinajstić information content (AvgIpc) is 2.29. The van der Waals surface area contributed by atoms with Crippen molar-refractivity contribution in [2.45, 2.75) is 6.18 Å². The van der Waals surface area contributed by atoms with Crippen LogP contribution in [0.25, 0.3) is 0 Å². The van der Waals surface area contributed by atoms with Crippen LogP contribution in [0.5, 0.6) is 5.88 Å². The van der Waals surface area contributed by atoms with Gasteiger partial charge in [0, 0.05) is 0 Å². The van der Waals surface area contributed by atoms with E-state index in [1.165, 1.54) is 0 Å². The van der Waals surface area contributed by atoms with Crippen molar-refractivity contribution in [3.63, 3.8) is 0 Å². The molecule has 1 heterocycles. The first-order valence-electron chi connectivity index (χ1n) is 3.12. The lowest BCUT2D eigenvalue weighted by Crippen LogP contribution is -2.06. The SMILES string of the molecule is CS(=O)(=O)Oc1cc(C(F)(F)F)on1. The highest BCUT2D eigenvalue weighted by Crippen LogP contribution is 2.31. The van der Waals surface area contributed by atoms with Crippen molar-refractivity contribution >= 4 is 10.1 Å². The Bertz CT molecular complexity index is 420. The van der Waals surface area contributed by atoms with Gasteiger partial charge in [-0.15, -0.1) is 0 Å². The second-order valence-electron chi connectivity index (χ2n) is 2.31. The Morgan fingerprint density at radius 2 is 2.07 bits per heavy atom. The maximum Gasteiger partial charge on any atom is 0.452 e. The number of hydrogen-bond acceptors (Lipinski definition) is 5. The zero-order chi connectivity index (χ0) is 11.0. The highest BCUT2D eigenvalue weighted by molar-refractivity contribution is 7.86. The largest absolute Gasteiger partial charge is 0.452 e. The third-order valence-electron chi connectivity index (χ3n) is 1.00. The number of nitrogens with zero attached hydrogens (tertiary/aromatic N) is 1. The van der Waals surface area contributed by atoms with Crippen molar-refractivity contribution in [1.29, 1.82) is 0 Å². The van der Waals surface area contributed by atoms with Crippen LogP contribution in [-0.4, -0.2) is 19.8 Å². The van der Waals surface area contributed by atoms with Crippen LogP contribution in [0.1, 0.15) is 5.76 Å². The van der Waals surface area contributed by atoms with E-state index in [9.17, 15) is 21.6 Å². The zero-order valence-electron chi connectivity index (χ0n) is 6.70. The van der Waals surface area contributed by atoms with E-state index in [1.807, 2.05) is 0 Å². The molecule has 1 aromatic heterocycles. The molecular formula is C5H4F3NO4S. The molecule has 0 aliphatic carbocycles. The summed E-state index contributed by atoms with van der Waals surface area (Å²) in [6, 6.07) is 0.348. The first-order chi connectivity index (χ1) is 6.18. The quantitative estimate of drug-likeness (QED) is 0.711. The standard InChI is InChI=1S/C5H4F3NO4S/c1-14(10,11)13-4-2-3(12-9-4)5(6,7)8/h2H,1H3. The van der Waals surface area contributed by atoms with Crippen molar-refractivity contribution in [3.05, 3.63) is 11.8 Å². The minimum atomic E-state index is -4.72. The maximum absolute atomic E-state index is 11.9. The lowest BCUT2D eigenvalue weighted by atomic mass is 10.4. The van der Waals surface area contributed by atoms with Crippen molar-refractivity contribution in [1.82, 2.24) is 5.16 Å². The van der Waals surface area contributed by atoms with Crippen LogP contribution in [0.2, 0.25) is 0 Å². The molecule has 0 unspecified atom stereocenters. The Balaban J connectivity index is 2.90. The fraction of sp³-hybridized carbons (Fsp3) is 0.400. The zero-order valence-corrected chi connectivity index (χ0v) is 7.52. The minimum Gasteiger partial charge on any atom is -0.358 e.